The summed E-state index contributed by atoms with van der Waals surface area (Å²) in [7, 11) is -3.13. The summed E-state index contributed by atoms with van der Waals surface area (Å²) in [6.07, 6.45) is 2.59. The van der Waals surface area contributed by atoms with Crippen LogP contribution in [0, 0.1) is 6.92 Å². The molecular weight excluding hydrogens is 326 g/mol. The minimum Gasteiger partial charge on any atom is -0.462 e. The van der Waals surface area contributed by atoms with E-state index >= 15 is 0 Å². The molecule has 0 saturated heterocycles. The van der Waals surface area contributed by atoms with Crippen LogP contribution in [-0.2, 0) is 26.7 Å². The summed E-state index contributed by atoms with van der Waals surface area (Å²) in [5.74, 6) is -0.532. The predicted octanol–water partition coefficient (Wildman–Crippen LogP) is 2.72. The van der Waals surface area contributed by atoms with Gasteiger partial charge in [0.2, 0.25) is 0 Å². The number of hydrogen-bond donors (Lipinski definition) is 0. The molecule has 24 heavy (non-hydrogen) atoms. The number of ether oxygens (including phenoxy) is 1. The molecule has 0 N–H and O–H groups in total. The minimum atomic E-state index is -3.13. The number of benzene rings is 1. The summed E-state index contributed by atoms with van der Waals surface area (Å²) >= 11 is 0. The molecule has 6 heteroatoms. The largest absolute Gasteiger partial charge is 0.462 e. The molecule has 0 saturated carbocycles. The first-order valence-corrected chi connectivity index (χ1v) is 9.76. The number of hydrogen-bond acceptors (Lipinski definition) is 5. The van der Waals surface area contributed by atoms with Crippen LogP contribution in [0.15, 0.2) is 42.5 Å². The Morgan fingerprint density at radius 1 is 1.17 bits per heavy atom. The third-order valence-electron chi connectivity index (χ3n) is 3.35. The van der Waals surface area contributed by atoms with Gasteiger partial charge in [0, 0.05) is 17.6 Å². The molecule has 5 nitrogen and oxygen atoms in total. The number of sulfone groups is 1. The summed E-state index contributed by atoms with van der Waals surface area (Å²) in [6, 6.07) is 12.4. The van der Waals surface area contributed by atoms with Crippen molar-refractivity contribution in [1.29, 1.82) is 0 Å². The SMILES string of the molecule is Cc1cccc(CCCOC(=O)c2cccc(CS(C)(=O)=O)c2)n1. The van der Waals surface area contributed by atoms with Crippen LogP contribution in [0.2, 0.25) is 0 Å². The van der Waals surface area contributed by atoms with E-state index in [2.05, 4.69) is 4.98 Å². The van der Waals surface area contributed by atoms with Gasteiger partial charge < -0.3 is 4.74 Å². The van der Waals surface area contributed by atoms with Crippen molar-refractivity contribution in [2.45, 2.75) is 25.5 Å². The van der Waals surface area contributed by atoms with Crippen molar-refractivity contribution < 1.29 is 17.9 Å². The Kier molecular flexibility index (Phi) is 6.09. The monoisotopic (exact) mass is 347 g/mol. The lowest BCUT2D eigenvalue weighted by atomic mass is 10.1. The first-order chi connectivity index (χ1) is 11.3. The maximum Gasteiger partial charge on any atom is 0.338 e. The zero-order chi connectivity index (χ0) is 17.6. The molecular formula is C18H21NO4S. The van der Waals surface area contributed by atoms with Crippen LogP contribution in [0.3, 0.4) is 0 Å². The quantitative estimate of drug-likeness (QED) is 0.569. The Bertz CT molecular complexity index is 815. The average molecular weight is 347 g/mol. The molecule has 1 aromatic carbocycles. The van der Waals surface area contributed by atoms with E-state index in [1.54, 1.807) is 24.3 Å². The number of esters is 1. The van der Waals surface area contributed by atoms with Crippen LogP contribution in [0.1, 0.15) is 33.7 Å². The van der Waals surface area contributed by atoms with E-state index in [1.807, 2.05) is 25.1 Å². The van der Waals surface area contributed by atoms with Crippen LogP contribution < -0.4 is 0 Å². The Hall–Kier alpha value is -2.21. The zero-order valence-electron chi connectivity index (χ0n) is 13.9. The molecule has 0 aliphatic heterocycles. The molecule has 0 fully saturated rings. The second-order valence-electron chi connectivity index (χ2n) is 5.78. The van der Waals surface area contributed by atoms with Crippen LogP contribution in [-0.4, -0.2) is 32.2 Å². The van der Waals surface area contributed by atoms with Crippen molar-refractivity contribution in [3.8, 4) is 0 Å². The second-order valence-corrected chi connectivity index (χ2v) is 7.92. The van der Waals surface area contributed by atoms with Gasteiger partial charge in [-0.1, -0.05) is 18.2 Å². The van der Waals surface area contributed by atoms with Crippen molar-refractivity contribution in [3.63, 3.8) is 0 Å². The molecule has 0 bridgehead atoms. The summed E-state index contributed by atoms with van der Waals surface area (Å²) < 4.78 is 27.9. The summed E-state index contributed by atoms with van der Waals surface area (Å²) in [5.41, 5.74) is 2.88. The molecule has 2 rings (SSSR count). The molecule has 0 aliphatic carbocycles. The van der Waals surface area contributed by atoms with Gasteiger partial charge in [-0.25, -0.2) is 13.2 Å². The summed E-state index contributed by atoms with van der Waals surface area (Å²) in [5, 5.41) is 0. The van der Waals surface area contributed by atoms with Gasteiger partial charge >= 0.3 is 5.97 Å². The Morgan fingerprint density at radius 2 is 1.92 bits per heavy atom. The maximum absolute atomic E-state index is 12.0. The highest BCUT2D eigenvalue weighted by Gasteiger charge is 2.10. The van der Waals surface area contributed by atoms with Crippen LogP contribution >= 0.6 is 0 Å². The van der Waals surface area contributed by atoms with Crippen LogP contribution in [0.4, 0.5) is 0 Å². The molecule has 0 aliphatic rings. The average Bonchev–Trinajstić information content (AvgIpc) is 2.50. The highest BCUT2D eigenvalue weighted by Crippen LogP contribution is 2.10. The van der Waals surface area contributed by atoms with E-state index in [-0.39, 0.29) is 5.75 Å². The lowest BCUT2D eigenvalue weighted by Gasteiger charge is -2.07. The molecule has 1 heterocycles. The Balaban J connectivity index is 1.85. The van der Waals surface area contributed by atoms with E-state index < -0.39 is 15.8 Å². The van der Waals surface area contributed by atoms with Crippen molar-refractivity contribution in [2.75, 3.05) is 12.9 Å². The fourth-order valence-corrected chi connectivity index (χ4v) is 3.12. The van der Waals surface area contributed by atoms with Gasteiger partial charge in [0.1, 0.15) is 0 Å². The van der Waals surface area contributed by atoms with E-state index in [1.165, 1.54) is 0 Å². The standard InChI is InChI=1S/C18H21NO4S/c1-14-6-3-9-17(19-14)10-5-11-23-18(20)16-8-4-7-15(12-16)13-24(2,21)22/h3-4,6-9,12H,5,10-11,13H2,1-2H3. The first-order valence-electron chi connectivity index (χ1n) is 7.70. The van der Waals surface area contributed by atoms with E-state index in [4.69, 9.17) is 4.74 Å². The molecule has 0 unspecified atom stereocenters. The van der Waals surface area contributed by atoms with Crippen LogP contribution in [0.5, 0.6) is 0 Å². The third-order valence-corrected chi connectivity index (χ3v) is 4.21. The van der Waals surface area contributed by atoms with Crippen molar-refractivity contribution >= 4 is 15.8 Å². The molecule has 0 radical (unpaired) electrons. The van der Waals surface area contributed by atoms with E-state index in [0.29, 0.717) is 24.2 Å². The number of carbonyl (C=O) groups excluding carboxylic acids is 1. The van der Waals surface area contributed by atoms with E-state index in [0.717, 1.165) is 24.1 Å². The summed E-state index contributed by atoms with van der Waals surface area (Å²) in [4.78, 5) is 16.4. The Morgan fingerprint density at radius 3 is 2.62 bits per heavy atom. The van der Waals surface area contributed by atoms with Gasteiger partial charge in [0.05, 0.1) is 17.9 Å². The van der Waals surface area contributed by atoms with Crippen LogP contribution in [0.25, 0.3) is 0 Å². The molecule has 0 amide bonds. The van der Waals surface area contributed by atoms with Gasteiger partial charge in [0.15, 0.2) is 9.84 Å². The lowest BCUT2D eigenvalue weighted by molar-refractivity contribution is 0.0500. The number of rotatable bonds is 7. The normalized spacial score (nSPS) is 11.2. The molecule has 2 aromatic rings. The minimum absolute atomic E-state index is 0.0901. The highest BCUT2D eigenvalue weighted by molar-refractivity contribution is 7.89. The topological polar surface area (TPSA) is 73.3 Å². The van der Waals surface area contributed by atoms with Gasteiger partial charge in [-0.3, -0.25) is 4.98 Å². The van der Waals surface area contributed by atoms with Gasteiger partial charge in [-0.15, -0.1) is 0 Å². The van der Waals surface area contributed by atoms with Gasteiger partial charge in [0.25, 0.3) is 0 Å². The number of nitrogens with zero attached hydrogens (tertiary/aromatic N) is 1. The van der Waals surface area contributed by atoms with Gasteiger partial charge in [-0.2, -0.15) is 0 Å². The second kappa shape index (κ2) is 8.06. The first kappa shape index (κ1) is 18.1. The number of aromatic nitrogens is 1. The fraction of sp³-hybridized carbons (Fsp3) is 0.333. The molecule has 0 atom stereocenters. The fourth-order valence-electron chi connectivity index (χ4n) is 2.33. The van der Waals surface area contributed by atoms with Crippen molar-refractivity contribution in [3.05, 3.63) is 65.0 Å². The third kappa shape index (κ3) is 6.12. The smallest absolute Gasteiger partial charge is 0.338 e. The van der Waals surface area contributed by atoms with Crippen molar-refractivity contribution in [1.82, 2.24) is 4.98 Å². The molecule has 128 valence electrons. The Labute approximate surface area is 142 Å². The number of aryl methyl sites for hydroxylation is 2. The van der Waals surface area contributed by atoms with Gasteiger partial charge in [-0.05, 0) is 49.6 Å². The number of pyridine rings is 1. The molecule has 1 aromatic heterocycles. The molecule has 0 spiro atoms. The maximum atomic E-state index is 12.0. The number of carbonyl (C=O) groups is 1. The van der Waals surface area contributed by atoms with E-state index in [9.17, 15) is 13.2 Å². The van der Waals surface area contributed by atoms with Crippen molar-refractivity contribution in [2.24, 2.45) is 0 Å². The summed E-state index contributed by atoms with van der Waals surface area (Å²) in [6.45, 7) is 2.23. The zero-order valence-corrected chi connectivity index (χ0v) is 14.7. The highest BCUT2D eigenvalue weighted by atomic mass is 32.2. The lowest BCUT2D eigenvalue weighted by Crippen LogP contribution is -2.08. The predicted molar refractivity (Wildman–Crippen MR) is 92.6 cm³/mol.